The highest BCUT2D eigenvalue weighted by atomic mass is 16.5. The van der Waals surface area contributed by atoms with Crippen LogP contribution in [0.15, 0.2) is 48.5 Å². The summed E-state index contributed by atoms with van der Waals surface area (Å²) in [6.45, 7) is 6.54. The molecule has 0 atom stereocenters. The zero-order valence-corrected chi connectivity index (χ0v) is 19.4. The number of benzene rings is 2. The number of ether oxygens (including phenoxy) is 3. The standard InChI is InChI=1S/C26H31NO6/c1-4-7-25(29)27-21-12-10-20(11-13-21)22(28)18-33-26(30)15-9-19-8-14-23(32-16-5-2)24(17-19)31-6-3/h8-15,17H,4-7,16,18H2,1-3H3,(H,27,29)/b15-9+. The Morgan fingerprint density at radius 1 is 0.909 bits per heavy atom. The number of ketones is 1. The van der Waals surface area contributed by atoms with Gasteiger partial charge in [0.05, 0.1) is 13.2 Å². The Labute approximate surface area is 194 Å². The van der Waals surface area contributed by atoms with Crippen LogP contribution in [-0.2, 0) is 14.3 Å². The average Bonchev–Trinajstić information content (AvgIpc) is 2.81. The van der Waals surface area contributed by atoms with Gasteiger partial charge in [-0.3, -0.25) is 9.59 Å². The third-order valence-electron chi connectivity index (χ3n) is 4.45. The molecule has 1 N–H and O–H groups in total. The van der Waals surface area contributed by atoms with E-state index >= 15 is 0 Å². The van der Waals surface area contributed by atoms with Crippen molar-refractivity contribution >= 4 is 29.4 Å². The lowest BCUT2D eigenvalue weighted by atomic mass is 10.1. The Morgan fingerprint density at radius 2 is 1.67 bits per heavy atom. The lowest BCUT2D eigenvalue weighted by molar-refractivity contribution is -0.136. The molecule has 0 aliphatic heterocycles. The summed E-state index contributed by atoms with van der Waals surface area (Å²) >= 11 is 0. The summed E-state index contributed by atoms with van der Waals surface area (Å²) in [7, 11) is 0. The summed E-state index contributed by atoms with van der Waals surface area (Å²) in [4.78, 5) is 36.0. The van der Waals surface area contributed by atoms with E-state index < -0.39 is 5.97 Å². The van der Waals surface area contributed by atoms with Crippen LogP contribution in [0.4, 0.5) is 5.69 Å². The fourth-order valence-electron chi connectivity index (χ4n) is 2.85. The van der Waals surface area contributed by atoms with E-state index in [-0.39, 0.29) is 18.3 Å². The molecule has 0 fully saturated rings. The number of carbonyl (C=O) groups excluding carboxylic acids is 3. The summed E-state index contributed by atoms with van der Waals surface area (Å²) in [6, 6.07) is 11.9. The van der Waals surface area contributed by atoms with Crippen LogP contribution in [0.5, 0.6) is 11.5 Å². The van der Waals surface area contributed by atoms with Crippen molar-refractivity contribution < 1.29 is 28.6 Å². The second-order valence-electron chi connectivity index (χ2n) is 7.23. The minimum Gasteiger partial charge on any atom is -0.490 e. The number of carbonyl (C=O) groups is 3. The van der Waals surface area contributed by atoms with Gasteiger partial charge in [0.15, 0.2) is 23.9 Å². The van der Waals surface area contributed by atoms with Crippen LogP contribution in [0.3, 0.4) is 0 Å². The van der Waals surface area contributed by atoms with Gasteiger partial charge in [-0.2, -0.15) is 0 Å². The number of anilines is 1. The van der Waals surface area contributed by atoms with E-state index in [1.807, 2.05) is 26.8 Å². The van der Waals surface area contributed by atoms with Gasteiger partial charge >= 0.3 is 5.97 Å². The second-order valence-corrected chi connectivity index (χ2v) is 7.23. The van der Waals surface area contributed by atoms with Crippen LogP contribution in [0.25, 0.3) is 6.08 Å². The molecule has 2 rings (SSSR count). The van der Waals surface area contributed by atoms with Crippen molar-refractivity contribution in [3.63, 3.8) is 0 Å². The zero-order chi connectivity index (χ0) is 24.1. The number of amides is 1. The summed E-state index contributed by atoms with van der Waals surface area (Å²) < 4.78 is 16.3. The highest BCUT2D eigenvalue weighted by Gasteiger charge is 2.10. The molecule has 0 unspecified atom stereocenters. The molecule has 2 aromatic carbocycles. The summed E-state index contributed by atoms with van der Waals surface area (Å²) in [5.41, 5.74) is 1.75. The van der Waals surface area contributed by atoms with Gasteiger partial charge < -0.3 is 19.5 Å². The molecule has 0 radical (unpaired) electrons. The zero-order valence-electron chi connectivity index (χ0n) is 19.4. The Bertz CT molecular complexity index is 965. The molecular formula is C26H31NO6. The van der Waals surface area contributed by atoms with Crippen LogP contribution in [-0.4, -0.2) is 37.5 Å². The van der Waals surface area contributed by atoms with Crippen molar-refractivity contribution in [3.8, 4) is 11.5 Å². The van der Waals surface area contributed by atoms with E-state index in [0.29, 0.717) is 42.4 Å². The van der Waals surface area contributed by atoms with Crippen LogP contribution >= 0.6 is 0 Å². The van der Waals surface area contributed by atoms with Crippen molar-refractivity contribution in [2.24, 2.45) is 0 Å². The predicted molar refractivity (Wildman–Crippen MR) is 128 cm³/mol. The maximum Gasteiger partial charge on any atom is 0.331 e. The molecule has 0 saturated heterocycles. The molecule has 7 nitrogen and oxygen atoms in total. The molecular weight excluding hydrogens is 422 g/mol. The number of hydrogen-bond acceptors (Lipinski definition) is 6. The summed E-state index contributed by atoms with van der Waals surface area (Å²) in [6.07, 6.45) is 4.93. The van der Waals surface area contributed by atoms with Crippen molar-refractivity contribution in [1.82, 2.24) is 0 Å². The van der Waals surface area contributed by atoms with Gasteiger partial charge in [0.1, 0.15) is 0 Å². The van der Waals surface area contributed by atoms with Gasteiger partial charge in [-0.1, -0.05) is 19.9 Å². The quantitative estimate of drug-likeness (QED) is 0.259. The maximum absolute atomic E-state index is 12.3. The van der Waals surface area contributed by atoms with Crippen LogP contribution in [0, 0.1) is 0 Å². The van der Waals surface area contributed by atoms with E-state index in [4.69, 9.17) is 14.2 Å². The fraction of sp³-hybridized carbons (Fsp3) is 0.346. The minimum absolute atomic E-state index is 0.0752. The number of Topliss-reactive ketones (excluding diaryl/α,β-unsaturated/α-hetero) is 1. The summed E-state index contributed by atoms with van der Waals surface area (Å²) in [5.74, 6) is 0.218. The SMILES string of the molecule is CCCOc1ccc(/C=C/C(=O)OCC(=O)c2ccc(NC(=O)CCC)cc2)cc1OCC. The number of nitrogens with one attached hydrogen (secondary N) is 1. The van der Waals surface area contributed by atoms with Crippen molar-refractivity contribution in [1.29, 1.82) is 0 Å². The molecule has 1 amide bonds. The molecule has 7 heteroatoms. The molecule has 0 aromatic heterocycles. The Kier molecular flexibility index (Phi) is 10.7. The van der Waals surface area contributed by atoms with Crippen LogP contribution in [0.1, 0.15) is 56.0 Å². The topological polar surface area (TPSA) is 90.9 Å². The first-order valence-corrected chi connectivity index (χ1v) is 11.1. The maximum atomic E-state index is 12.3. The molecule has 0 aliphatic rings. The molecule has 0 saturated carbocycles. The van der Waals surface area contributed by atoms with Gasteiger partial charge in [0, 0.05) is 23.7 Å². The Balaban J connectivity index is 1.89. The Hall–Kier alpha value is -3.61. The molecule has 0 bridgehead atoms. The molecule has 0 spiro atoms. The number of rotatable bonds is 13. The third-order valence-corrected chi connectivity index (χ3v) is 4.45. The molecule has 0 aliphatic carbocycles. The molecule has 33 heavy (non-hydrogen) atoms. The van der Waals surface area contributed by atoms with Crippen molar-refractivity contribution in [2.75, 3.05) is 25.1 Å². The number of hydrogen-bond donors (Lipinski definition) is 1. The highest BCUT2D eigenvalue weighted by molar-refractivity contribution is 5.99. The first-order chi connectivity index (χ1) is 16.0. The first-order valence-electron chi connectivity index (χ1n) is 11.1. The lowest BCUT2D eigenvalue weighted by Gasteiger charge is -2.12. The highest BCUT2D eigenvalue weighted by Crippen LogP contribution is 2.29. The molecule has 176 valence electrons. The first kappa shape index (κ1) is 25.6. The van der Waals surface area contributed by atoms with E-state index in [2.05, 4.69) is 5.32 Å². The third kappa shape index (κ3) is 8.80. The number of esters is 1. The van der Waals surface area contributed by atoms with E-state index in [9.17, 15) is 14.4 Å². The van der Waals surface area contributed by atoms with Gasteiger partial charge in [0.25, 0.3) is 0 Å². The van der Waals surface area contributed by atoms with Gasteiger partial charge in [-0.25, -0.2) is 4.79 Å². The molecule has 2 aromatic rings. The fourth-order valence-corrected chi connectivity index (χ4v) is 2.85. The molecule has 0 heterocycles. The monoisotopic (exact) mass is 453 g/mol. The van der Waals surface area contributed by atoms with E-state index in [1.54, 1.807) is 42.5 Å². The van der Waals surface area contributed by atoms with Gasteiger partial charge in [0.2, 0.25) is 5.91 Å². The van der Waals surface area contributed by atoms with Gasteiger partial charge in [-0.05, 0) is 67.8 Å². The smallest absolute Gasteiger partial charge is 0.331 e. The lowest BCUT2D eigenvalue weighted by Crippen LogP contribution is -2.13. The van der Waals surface area contributed by atoms with Gasteiger partial charge in [-0.15, -0.1) is 0 Å². The second kappa shape index (κ2) is 13.7. The van der Waals surface area contributed by atoms with Crippen molar-refractivity contribution in [2.45, 2.75) is 40.0 Å². The average molecular weight is 454 g/mol. The largest absolute Gasteiger partial charge is 0.490 e. The van der Waals surface area contributed by atoms with Crippen molar-refractivity contribution in [3.05, 3.63) is 59.7 Å². The van der Waals surface area contributed by atoms with E-state index in [0.717, 1.165) is 18.4 Å². The normalized spacial score (nSPS) is 10.6. The van der Waals surface area contributed by atoms with Crippen LogP contribution < -0.4 is 14.8 Å². The predicted octanol–water partition coefficient (Wildman–Crippen LogP) is 5.05. The Morgan fingerprint density at radius 3 is 2.33 bits per heavy atom. The van der Waals surface area contributed by atoms with E-state index in [1.165, 1.54) is 6.08 Å². The summed E-state index contributed by atoms with van der Waals surface area (Å²) in [5, 5.41) is 2.76. The minimum atomic E-state index is -0.629. The van der Waals surface area contributed by atoms with Crippen LogP contribution in [0.2, 0.25) is 0 Å².